The molecule has 8 N–H and O–H groups in total. The molecule has 0 aromatic carbocycles. The van der Waals surface area contributed by atoms with Gasteiger partial charge in [-0.1, -0.05) is 388 Å². The molecule has 0 aromatic rings. The largest absolute Gasteiger partial charge is 0.695 e. The Balaban J connectivity index is 2.70. The Morgan fingerprint density at radius 2 is 0.658 bits per heavy atom. The summed E-state index contributed by atoms with van der Waals surface area (Å²) in [6.07, 6.45) is 42.8. The molecule has 120 heavy (non-hydrogen) atoms. The van der Waals surface area contributed by atoms with E-state index in [1.807, 2.05) is 0 Å². The summed E-state index contributed by atoms with van der Waals surface area (Å²) in [6.45, 7) is 11.5. The van der Waals surface area contributed by atoms with Crippen molar-refractivity contribution >= 4 is 43.9 Å². The van der Waals surface area contributed by atoms with E-state index in [0.717, 1.165) is 186 Å². The monoisotopic (exact) mass is 1730 g/mol. The molecule has 5 unspecified atom stereocenters. The standard InChI is InChI=1S/C96H179N2O21P/c1-7-13-19-25-31-37-39-45-51-57-63-69-85(104)113-79(67-61-55-49-43-35-29-23-17-11-5)73-84(103)98-90-94(118-88(107)74-80(68-62-56-50-44-36-30-24-18-12-6)114-86(105)70-64-58-52-46-40-38-32-26-20-14-8-2)92(119-120(110)111)81(75-99)116-96(90)112-76-82-91(108)93(117-87(106)72-78(101)66-60-54-48-42-34-28-22-16-10-4)89(95(109)115-82)97-83(102)71-77(100)65-59-53-47-41-33-27-21-15-9-3/h77-82,89-96,99-101,108-109H,7-76H2,1-6H3,(H2-,97,98,102,103,110,111)/p+1/t77-,78-,79-,80-,81?,82?,89?,90+,91-,92-,93-,94?,95+,96-/m1/s1. The van der Waals surface area contributed by atoms with Crippen LogP contribution in [0.2, 0.25) is 0 Å². The Kier molecular flexibility index (Phi) is 73.0. The summed E-state index contributed by atoms with van der Waals surface area (Å²) >= 11 is 0. The fraction of sp³-hybridized carbons (Fsp3) is 0.938. The van der Waals surface area contributed by atoms with Crippen molar-refractivity contribution in [2.75, 3.05) is 13.2 Å². The minimum absolute atomic E-state index is 0.140. The van der Waals surface area contributed by atoms with Crippen molar-refractivity contribution in [3.8, 4) is 0 Å². The number of hydrogen-bond donors (Lipinski definition) is 8. The minimum atomic E-state index is -3.55. The molecule has 2 aliphatic rings. The Morgan fingerprint density at radius 1 is 0.350 bits per heavy atom. The van der Waals surface area contributed by atoms with Gasteiger partial charge in [-0.25, -0.2) is 0 Å². The zero-order chi connectivity index (χ0) is 87.7. The van der Waals surface area contributed by atoms with Gasteiger partial charge in [0.2, 0.25) is 11.8 Å². The molecule has 2 aliphatic heterocycles. The third-order valence-corrected chi connectivity index (χ3v) is 24.5. The second kappa shape index (κ2) is 77.8. The minimum Gasteiger partial charge on any atom is -0.462 e. The van der Waals surface area contributed by atoms with Crippen molar-refractivity contribution in [3.63, 3.8) is 0 Å². The molecular weight excluding hydrogens is 1550 g/mol. The van der Waals surface area contributed by atoms with Crippen LogP contribution in [0.4, 0.5) is 0 Å². The number of rotatable bonds is 84. The average molecular weight is 1730 g/mol. The number of hydrogen-bond acceptors (Lipinski definition) is 20. The lowest BCUT2D eigenvalue weighted by Crippen LogP contribution is -2.67. The third-order valence-electron chi connectivity index (χ3n) is 24.1. The molecular formula is C96H180N2O21P+. The van der Waals surface area contributed by atoms with Gasteiger partial charge in [0.1, 0.15) is 42.6 Å². The van der Waals surface area contributed by atoms with Gasteiger partial charge in [-0.2, -0.15) is 0 Å². The summed E-state index contributed by atoms with van der Waals surface area (Å²) in [5, 5.41) is 63.4. The fourth-order valence-corrected chi connectivity index (χ4v) is 17.1. The molecule has 0 aromatic heterocycles. The van der Waals surface area contributed by atoms with Gasteiger partial charge >= 0.3 is 32.1 Å². The average Bonchev–Trinajstić information content (AvgIpc) is 0.783. The molecule has 2 amide bonds. The van der Waals surface area contributed by atoms with Crippen LogP contribution in [0.5, 0.6) is 0 Å². The number of carbonyl (C=O) groups is 6. The lowest BCUT2D eigenvalue weighted by atomic mass is 9.95. The van der Waals surface area contributed by atoms with Crippen LogP contribution < -0.4 is 10.6 Å². The van der Waals surface area contributed by atoms with Crippen LogP contribution in [-0.4, -0.2) is 165 Å². The first kappa shape index (κ1) is 113. The third kappa shape index (κ3) is 59.5. The molecule has 15 atom stereocenters. The molecule has 0 bridgehead atoms. The van der Waals surface area contributed by atoms with Gasteiger partial charge in [-0.15, -0.1) is 9.42 Å². The van der Waals surface area contributed by atoms with Gasteiger partial charge < -0.3 is 69.3 Å². The van der Waals surface area contributed by atoms with E-state index in [4.69, 9.17) is 37.7 Å². The maximum absolute atomic E-state index is 15.1. The number of esters is 4. The summed E-state index contributed by atoms with van der Waals surface area (Å²) in [5.74, 6) is -4.31. The van der Waals surface area contributed by atoms with Crippen molar-refractivity contribution < 1.29 is 101 Å². The molecule has 24 heteroatoms. The maximum Gasteiger partial charge on any atom is 0.695 e. The summed E-state index contributed by atoms with van der Waals surface area (Å²) in [6, 6.07) is -3.32. The highest BCUT2D eigenvalue weighted by Crippen LogP contribution is 2.35. The molecule has 0 saturated carbocycles. The highest BCUT2D eigenvalue weighted by Gasteiger charge is 2.55. The zero-order valence-corrected chi connectivity index (χ0v) is 77.7. The first-order valence-corrected chi connectivity index (χ1v) is 50.9. The highest BCUT2D eigenvalue weighted by atomic mass is 31.1. The highest BCUT2D eigenvalue weighted by molar-refractivity contribution is 7.32. The van der Waals surface area contributed by atoms with Gasteiger partial charge in [0.25, 0.3) is 0 Å². The fourth-order valence-electron chi connectivity index (χ4n) is 16.7. The van der Waals surface area contributed by atoms with Gasteiger partial charge in [-0.3, -0.25) is 28.8 Å². The molecule has 2 rings (SSSR count). The van der Waals surface area contributed by atoms with Crippen LogP contribution >= 0.6 is 8.25 Å². The second-order valence-corrected chi connectivity index (χ2v) is 36.1. The van der Waals surface area contributed by atoms with E-state index in [-0.39, 0.29) is 19.3 Å². The van der Waals surface area contributed by atoms with Crippen LogP contribution in [0.25, 0.3) is 0 Å². The van der Waals surface area contributed by atoms with Crippen LogP contribution in [-0.2, 0) is 71.0 Å². The zero-order valence-electron chi connectivity index (χ0n) is 76.8. The molecule has 2 saturated heterocycles. The Labute approximate surface area is 729 Å². The van der Waals surface area contributed by atoms with Gasteiger partial charge in [0.05, 0.1) is 51.1 Å². The molecule has 2 heterocycles. The number of nitrogens with one attached hydrogen (secondary N) is 2. The number of amides is 2. The van der Waals surface area contributed by atoms with Gasteiger partial charge in [0.15, 0.2) is 30.9 Å². The number of ether oxygens (including phenoxy) is 7. The Hall–Kier alpha value is -3.48. The molecule has 2 fully saturated rings. The molecule has 23 nitrogen and oxygen atoms in total. The van der Waals surface area contributed by atoms with Crippen molar-refractivity contribution in [3.05, 3.63) is 0 Å². The number of carbonyl (C=O) groups excluding carboxylic acids is 6. The van der Waals surface area contributed by atoms with Gasteiger partial charge in [0, 0.05) is 17.4 Å². The van der Waals surface area contributed by atoms with Crippen molar-refractivity contribution in [1.29, 1.82) is 0 Å². The first-order valence-electron chi connectivity index (χ1n) is 49.8. The van der Waals surface area contributed by atoms with Crippen LogP contribution in [0.15, 0.2) is 0 Å². The van der Waals surface area contributed by atoms with Crippen LogP contribution in [0, 0.1) is 0 Å². The van der Waals surface area contributed by atoms with E-state index in [1.165, 1.54) is 148 Å². The predicted octanol–water partition coefficient (Wildman–Crippen LogP) is 21.8. The lowest BCUT2D eigenvalue weighted by Gasteiger charge is -2.45. The Morgan fingerprint density at radius 3 is 1.02 bits per heavy atom. The Bertz CT molecular complexity index is 2490. The lowest BCUT2D eigenvalue weighted by molar-refractivity contribution is -0.298. The predicted molar refractivity (Wildman–Crippen MR) is 477 cm³/mol. The second-order valence-electron chi connectivity index (χ2n) is 35.4. The van der Waals surface area contributed by atoms with E-state index >= 15 is 4.79 Å². The van der Waals surface area contributed by atoms with Crippen molar-refractivity contribution in [1.82, 2.24) is 10.6 Å². The summed E-state index contributed by atoms with van der Waals surface area (Å²) in [4.78, 5) is 96.2. The first-order chi connectivity index (χ1) is 58.3. The molecule has 0 aliphatic carbocycles. The normalized spacial score (nSPS) is 20.4. The van der Waals surface area contributed by atoms with Crippen LogP contribution in [0.1, 0.15) is 478 Å². The molecule has 0 radical (unpaired) electrons. The smallest absolute Gasteiger partial charge is 0.462 e. The topological polar surface area (TPSA) is 339 Å². The molecule has 704 valence electrons. The van der Waals surface area contributed by atoms with Crippen molar-refractivity contribution in [2.24, 2.45) is 0 Å². The summed E-state index contributed by atoms with van der Waals surface area (Å²) in [7, 11) is -3.55. The van der Waals surface area contributed by atoms with E-state index in [2.05, 4.69) is 52.2 Å². The van der Waals surface area contributed by atoms with Gasteiger partial charge in [-0.05, 0) is 51.4 Å². The van der Waals surface area contributed by atoms with E-state index in [9.17, 15) is 59.0 Å². The summed E-state index contributed by atoms with van der Waals surface area (Å²) in [5.41, 5.74) is 0. The van der Waals surface area contributed by atoms with E-state index in [0.29, 0.717) is 64.2 Å². The number of unbranched alkanes of at least 4 members (excludes halogenated alkanes) is 52. The quantitative estimate of drug-likeness (QED) is 0.0121. The van der Waals surface area contributed by atoms with E-state index in [1.54, 1.807) is 0 Å². The maximum atomic E-state index is 15.1. The van der Waals surface area contributed by atoms with Crippen LogP contribution in [0.3, 0.4) is 0 Å². The SMILES string of the molecule is CCCCCCCCCCCCCC(=O)O[C@H](CCCCCCCCCCC)CC(=O)N[C@H]1C(OC(=O)C[C@@H](CCCCCCCCCCC)OC(=O)CCCCCCCCCCCCC)[C@H](O[P+](=O)O)C(CO)O[C@H]1OCC1O[C@H](O)C(NC(=O)C[C@H](O)CCCCCCCCCCC)[C@@H](OC(=O)C[C@H](O)CCCCCCCCCCC)[C@@H]1O. The number of aliphatic hydroxyl groups excluding tert-OH is 5. The number of aliphatic hydroxyl groups is 5. The van der Waals surface area contributed by atoms with E-state index < -0.39 is 162 Å². The van der Waals surface area contributed by atoms with Crippen molar-refractivity contribution in [2.45, 2.75) is 564 Å². The summed E-state index contributed by atoms with van der Waals surface area (Å²) < 4.78 is 62.1. The molecule has 0 spiro atoms.